The number of carbonyl (C=O) groups excluding carboxylic acids is 1. The molecule has 1 heterocycles. The molecule has 2 fully saturated rings. The lowest BCUT2D eigenvalue weighted by Crippen LogP contribution is -2.59. The number of methoxy groups -OCH3 is 1. The largest absolute Gasteiger partial charge is 0.469 e. The van der Waals surface area contributed by atoms with E-state index < -0.39 is 0 Å². The molecule has 1 saturated carbocycles. The van der Waals surface area contributed by atoms with Crippen LogP contribution in [-0.4, -0.2) is 25.7 Å². The van der Waals surface area contributed by atoms with Gasteiger partial charge in [-0.05, 0) is 54.8 Å². The molecule has 2 bridgehead atoms. The maximum atomic E-state index is 11.8. The van der Waals surface area contributed by atoms with Gasteiger partial charge < -0.3 is 10.1 Å². The zero-order valence-electron chi connectivity index (χ0n) is 13.4. The van der Waals surface area contributed by atoms with Gasteiger partial charge in [0.1, 0.15) is 0 Å². The molecule has 2 aliphatic carbocycles. The van der Waals surface area contributed by atoms with Crippen LogP contribution in [0.1, 0.15) is 48.8 Å². The Hall–Kier alpha value is -1.35. The van der Waals surface area contributed by atoms with Crippen LogP contribution in [0.4, 0.5) is 0 Å². The first kappa shape index (κ1) is 14.3. The predicted molar refractivity (Wildman–Crippen MR) is 85.9 cm³/mol. The van der Waals surface area contributed by atoms with Crippen molar-refractivity contribution >= 4 is 5.97 Å². The van der Waals surface area contributed by atoms with Crippen LogP contribution in [0.3, 0.4) is 0 Å². The third-order valence-electron chi connectivity index (χ3n) is 6.36. The lowest BCUT2D eigenvalue weighted by Gasteiger charge is -2.56. The molecule has 1 N–H and O–H groups in total. The van der Waals surface area contributed by atoms with Gasteiger partial charge in [0.2, 0.25) is 0 Å². The number of nitrogens with one attached hydrogen (secondary N) is 1. The molecule has 3 heteroatoms. The minimum Gasteiger partial charge on any atom is -0.469 e. The second kappa shape index (κ2) is 5.38. The molecule has 1 aliphatic heterocycles. The minimum atomic E-state index is -0.130. The van der Waals surface area contributed by atoms with E-state index in [9.17, 15) is 4.79 Å². The van der Waals surface area contributed by atoms with Gasteiger partial charge in [-0.25, -0.2) is 0 Å². The third-order valence-corrected chi connectivity index (χ3v) is 6.36. The summed E-state index contributed by atoms with van der Waals surface area (Å²) in [6.07, 6.45) is 8.15. The molecule has 3 nitrogen and oxygen atoms in total. The van der Waals surface area contributed by atoms with Gasteiger partial charge in [-0.1, -0.05) is 31.0 Å². The third kappa shape index (κ3) is 2.02. The van der Waals surface area contributed by atoms with E-state index in [1.165, 1.54) is 50.3 Å². The van der Waals surface area contributed by atoms with Gasteiger partial charge in [0.05, 0.1) is 13.5 Å². The summed E-state index contributed by atoms with van der Waals surface area (Å²) in [5.74, 6) is 0.658. The van der Waals surface area contributed by atoms with Crippen molar-refractivity contribution in [2.45, 2.75) is 56.4 Å². The number of ether oxygens (including phenoxy) is 1. The molecule has 0 radical (unpaired) electrons. The summed E-state index contributed by atoms with van der Waals surface area (Å²) in [4.78, 5) is 11.8. The molecule has 3 aliphatic rings. The molecular weight excluding hydrogens is 274 g/mol. The molecule has 0 unspecified atom stereocenters. The first-order chi connectivity index (χ1) is 10.7. The van der Waals surface area contributed by atoms with E-state index in [1.54, 1.807) is 5.56 Å². The molecule has 1 aromatic rings. The highest BCUT2D eigenvalue weighted by Crippen LogP contribution is 2.54. The average Bonchev–Trinajstić information content (AvgIpc) is 2.55. The Morgan fingerprint density at radius 1 is 1.36 bits per heavy atom. The fourth-order valence-electron chi connectivity index (χ4n) is 5.42. The van der Waals surface area contributed by atoms with Gasteiger partial charge in [-0.3, -0.25) is 4.79 Å². The number of benzene rings is 1. The predicted octanol–water partition coefficient (Wildman–Crippen LogP) is 2.75. The molecule has 22 heavy (non-hydrogen) atoms. The summed E-state index contributed by atoms with van der Waals surface area (Å²) < 4.78 is 4.89. The molecule has 0 spiro atoms. The van der Waals surface area contributed by atoms with Crippen LogP contribution in [0.2, 0.25) is 0 Å². The zero-order valence-corrected chi connectivity index (χ0v) is 13.4. The van der Waals surface area contributed by atoms with E-state index in [0.717, 1.165) is 18.9 Å². The Labute approximate surface area is 132 Å². The lowest BCUT2D eigenvalue weighted by molar-refractivity contribution is -0.139. The maximum Gasteiger partial charge on any atom is 0.309 e. The first-order valence-corrected chi connectivity index (χ1v) is 8.66. The summed E-state index contributed by atoms with van der Waals surface area (Å²) in [5.41, 5.74) is 4.54. The molecule has 0 aromatic heterocycles. The van der Waals surface area contributed by atoms with E-state index in [-0.39, 0.29) is 5.97 Å². The number of hydrogen-bond donors (Lipinski definition) is 1. The van der Waals surface area contributed by atoms with Crippen molar-refractivity contribution in [3.63, 3.8) is 0 Å². The van der Waals surface area contributed by atoms with Crippen molar-refractivity contribution < 1.29 is 9.53 Å². The Morgan fingerprint density at radius 3 is 3.14 bits per heavy atom. The van der Waals surface area contributed by atoms with Crippen molar-refractivity contribution in [3.05, 3.63) is 34.9 Å². The van der Waals surface area contributed by atoms with Crippen LogP contribution in [0, 0.1) is 5.92 Å². The summed E-state index contributed by atoms with van der Waals surface area (Å²) in [6, 6.07) is 7.21. The van der Waals surface area contributed by atoms with Gasteiger partial charge >= 0.3 is 5.97 Å². The number of carbonyl (C=O) groups is 1. The van der Waals surface area contributed by atoms with Gasteiger partial charge in [0, 0.05) is 11.5 Å². The quantitative estimate of drug-likeness (QED) is 0.853. The highest BCUT2D eigenvalue weighted by atomic mass is 16.5. The number of piperidine rings is 1. The topological polar surface area (TPSA) is 38.3 Å². The van der Waals surface area contributed by atoms with Crippen LogP contribution in [-0.2, 0) is 27.8 Å². The zero-order chi connectivity index (χ0) is 15.2. The normalized spacial score (nSPS) is 32.8. The van der Waals surface area contributed by atoms with Gasteiger partial charge in [0.15, 0.2) is 0 Å². The van der Waals surface area contributed by atoms with Crippen molar-refractivity contribution in [2.75, 3.05) is 13.7 Å². The molecule has 118 valence electrons. The Bertz CT molecular complexity index is 593. The second-order valence-electron chi connectivity index (χ2n) is 7.22. The van der Waals surface area contributed by atoms with Gasteiger partial charge in [0.25, 0.3) is 0 Å². The van der Waals surface area contributed by atoms with Crippen molar-refractivity contribution in [3.8, 4) is 0 Å². The molecule has 0 amide bonds. The molecule has 4 rings (SSSR count). The summed E-state index contributed by atoms with van der Waals surface area (Å²) in [6.45, 7) is 1.14. The Balaban J connectivity index is 1.81. The molecule has 1 saturated heterocycles. The van der Waals surface area contributed by atoms with Crippen LogP contribution in [0.25, 0.3) is 0 Å². The van der Waals surface area contributed by atoms with Crippen LogP contribution in [0.15, 0.2) is 18.2 Å². The molecule has 1 aromatic carbocycles. The standard InChI is InChI=1S/C19H25NO2/c1-22-18(21)11-13-5-4-7-15-14(13)12-17-16-6-2-3-8-19(15,16)9-10-20-17/h4-5,7,16-17,20H,2-3,6,8-12H2,1H3/t16-,17+,19-/m0/s1. The van der Waals surface area contributed by atoms with E-state index in [0.29, 0.717) is 17.9 Å². The minimum absolute atomic E-state index is 0.130. The average molecular weight is 299 g/mol. The Morgan fingerprint density at radius 2 is 2.27 bits per heavy atom. The van der Waals surface area contributed by atoms with Crippen LogP contribution >= 0.6 is 0 Å². The van der Waals surface area contributed by atoms with Crippen LogP contribution < -0.4 is 5.32 Å². The van der Waals surface area contributed by atoms with E-state index in [1.807, 2.05) is 0 Å². The SMILES string of the molecule is COC(=O)Cc1cccc2c1C[C@H]1NCC[C@@]23CCCC[C@@H]13. The van der Waals surface area contributed by atoms with Gasteiger partial charge in [-0.2, -0.15) is 0 Å². The monoisotopic (exact) mass is 299 g/mol. The first-order valence-electron chi connectivity index (χ1n) is 8.66. The van der Waals surface area contributed by atoms with E-state index >= 15 is 0 Å². The number of fused-ring (bicyclic) bond motifs is 1. The number of hydrogen-bond acceptors (Lipinski definition) is 3. The Kier molecular flexibility index (Phi) is 3.48. The summed E-state index contributed by atoms with van der Waals surface area (Å²) in [5, 5.41) is 3.76. The second-order valence-corrected chi connectivity index (χ2v) is 7.22. The van der Waals surface area contributed by atoms with E-state index in [4.69, 9.17) is 4.74 Å². The smallest absolute Gasteiger partial charge is 0.309 e. The van der Waals surface area contributed by atoms with Crippen molar-refractivity contribution in [1.29, 1.82) is 0 Å². The van der Waals surface area contributed by atoms with Crippen molar-refractivity contribution in [1.82, 2.24) is 5.32 Å². The summed E-state index contributed by atoms with van der Waals surface area (Å²) in [7, 11) is 1.48. The maximum absolute atomic E-state index is 11.8. The highest BCUT2D eigenvalue weighted by molar-refractivity contribution is 5.73. The van der Waals surface area contributed by atoms with Crippen LogP contribution in [0.5, 0.6) is 0 Å². The van der Waals surface area contributed by atoms with E-state index in [2.05, 4.69) is 23.5 Å². The summed E-state index contributed by atoms with van der Waals surface area (Å²) >= 11 is 0. The number of rotatable bonds is 2. The fraction of sp³-hybridized carbons (Fsp3) is 0.632. The molecule has 3 atom stereocenters. The van der Waals surface area contributed by atoms with Crippen molar-refractivity contribution in [2.24, 2.45) is 5.92 Å². The lowest BCUT2D eigenvalue weighted by atomic mass is 9.52. The molecular formula is C19H25NO2. The fourth-order valence-corrected chi connectivity index (χ4v) is 5.42. The van der Waals surface area contributed by atoms with Gasteiger partial charge in [-0.15, -0.1) is 0 Å². The highest BCUT2D eigenvalue weighted by Gasteiger charge is 2.51. The number of esters is 1.